The molecule has 2 rings (SSSR count). The van der Waals surface area contributed by atoms with E-state index in [1.807, 2.05) is 6.20 Å². The molecule has 1 aromatic heterocycles. The minimum absolute atomic E-state index is 0.584. The van der Waals surface area contributed by atoms with Crippen LogP contribution in [0.1, 0.15) is 45.7 Å². The van der Waals surface area contributed by atoms with Crippen LogP contribution in [-0.2, 0) is 6.54 Å². The van der Waals surface area contributed by atoms with Crippen molar-refractivity contribution in [3.63, 3.8) is 0 Å². The molecule has 1 heterocycles. The van der Waals surface area contributed by atoms with Gasteiger partial charge in [0.15, 0.2) is 0 Å². The van der Waals surface area contributed by atoms with Gasteiger partial charge in [0, 0.05) is 25.3 Å². The van der Waals surface area contributed by atoms with E-state index in [2.05, 4.69) is 48.0 Å². The molecular weight excluding hydrogens is 222 g/mol. The number of aryl methyl sites for hydroxylation is 1. The van der Waals surface area contributed by atoms with Gasteiger partial charge in [0.05, 0.1) is 5.69 Å². The fourth-order valence-corrected chi connectivity index (χ4v) is 2.03. The largest absolute Gasteiger partial charge is 0.310 e. The van der Waals surface area contributed by atoms with Gasteiger partial charge in [-0.3, -0.25) is 4.68 Å². The Balaban J connectivity index is 2.06. The van der Waals surface area contributed by atoms with Crippen molar-refractivity contribution in [2.45, 2.75) is 52.6 Å². The SMILES string of the molecule is CCCn1nccc1/C=C(/CNC1CC1)C(C)C. The first kappa shape index (κ1) is 13.3. The monoisotopic (exact) mass is 247 g/mol. The van der Waals surface area contributed by atoms with Crippen LogP contribution in [0.3, 0.4) is 0 Å². The maximum absolute atomic E-state index is 4.38. The highest BCUT2D eigenvalue weighted by Crippen LogP contribution is 2.21. The highest BCUT2D eigenvalue weighted by Gasteiger charge is 2.20. The molecule has 0 unspecified atom stereocenters. The van der Waals surface area contributed by atoms with Gasteiger partial charge < -0.3 is 5.32 Å². The Morgan fingerprint density at radius 3 is 2.94 bits per heavy atom. The van der Waals surface area contributed by atoms with Crippen molar-refractivity contribution < 1.29 is 0 Å². The maximum atomic E-state index is 4.38. The van der Waals surface area contributed by atoms with Gasteiger partial charge in [-0.1, -0.05) is 26.3 Å². The molecule has 3 heteroatoms. The van der Waals surface area contributed by atoms with Crippen molar-refractivity contribution in [1.82, 2.24) is 15.1 Å². The molecule has 0 aromatic carbocycles. The molecule has 0 amide bonds. The van der Waals surface area contributed by atoms with Gasteiger partial charge in [0.2, 0.25) is 0 Å². The second-order valence-electron chi connectivity index (χ2n) is 5.51. The summed E-state index contributed by atoms with van der Waals surface area (Å²) in [5.74, 6) is 0.584. The average Bonchev–Trinajstić information content (AvgIpc) is 3.06. The average molecular weight is 247 g/mol. The van der Waals surface area contributed by atoms with E-state index in [1.54, 1.807) is 0 Å². The Bertz CT molecular complexity index is 400. The molecule has 0 bridgehead atoms. The van der Waals surface area contributed by atoms with Crippen LogP contribution in [0, 0.1) is 5.92 Å². The Labute approximate surface area is 110 Å². The zero-order valence-corrected chi connectivity index (χ0v) is 11.8. The van der Waals surface area contributed by atoms with E-state index < -0.39 is 0 Å². The second-order valence-corrected chi connectivity index (χ2v) is 5.51. The molecule has 1 N–H and O–H groups in total. The fraction of sp³-hybridized carbons (Fsp3) is 0.667. The van der Waals surface area contributed by atoms with Gasteiger partial charge in [-0.2, -0.15) is 5.10 Å². The number of rotatable bonds is 7. The number of nitrogens with one attached hydrogen (secondary N) is 1. The molecule has 1 aliphatic rings. The molecule has 100 valence electrons. The third-order valence-corrected chi connectivity index (χ3v) is 3.43. The van der Waals surface area contributed by atoms with Crippen molar-refractivity contribution in [2.24, 2.45) is 5.92 Å². The summed E-state index contributed by atoms with van der Waals surface area (Å²) in [5, 5.41) is 7.98. The normalized spacial score (nSPS) is 16.6. The molecule has 18 heavy (non-hydrogen) atoms. The summed E-state index contributed by atoms with van der Waals surface area (Å²) >= 11 is 0. The van der Waals surface area contributed by atoms with E-state index in [9.17, 15) is 0 Å². The molecular formula is C15H25N3. The first-order chi connectivity index (χ1) is 8.70. The first-order valence-electron chi connectivity index (χ1n) is 7.16. The van der Waals surface area contributed by atoms with Gasteiger partial charge in [0.25, 0.3) is 0 Å². The van der Waals surface area contributed by atoms with E-state index in [0.29, 0.717) is 5.92 Å². The van der Waals surface area contributed by atoms with Gasteiger partial charge in [0.1, 0.15) is 0 Å². The fourth-order valence-electron chi connectivity index (χ4n) is 2.03. The summed E-state index contributed by atoms with van der Waals surface area (Å²) in [4.78, 5) is 0. The van der Waals surface area contributed by atoms with Crippen molar-refractivity contribution in [1.29, 1.82) is 0 Å². The number of aromatic nitrogens is 2. The van der Waals surface area contributed by atoms with Crippen LogP contribution < -0.4 is 5.32 Å². The lowest BCUT2D eigenvalue weighted by Gasteiger charge is -2.13. The van der Waals surface area contributed by atoms with Gasteiger partial charge in [-0.05, 0) is 37.3 Å². The molecule has 1 aliphatic carbocycles. The van der Waals surface area contributed by atoms with E-state index in [4.69, 9.17) is 0 Å². The van der Waals surface area contributed by atoms with Crippen LogP contribution >= 0.6 is 0 Å². The number of hydrogen-bond donors (Lipinski definition) is 1. The Kier molecular flexibility index (Phi) is 4.59. The van der Waals surface area contributed by atoms with E-state index in [-0.39, 0.29) is 0 Å². The van der Waals surface area contributed by atoms with Crippen LogP contribution in [0.4, 0.5) is 0 Å². The smallest absolute Gasteiger partial charge is 0.0609 e. The summed E-state index contributed by atoms with van der Waals surface area (Å²) < 4.78 is 2.10. The predicted octanol–water partition coefficient (Wildman–Crippen LogP) is 3.08. The van der Waals surface area contributed by atoms with E-state index in [1.165, 1.54) is 24.1 Å². The highest BCUT2D eigenvalue weighted by atomic mass is 15.3. The van der Waals surface area contributed by atoms with Crippen LogP contribution in [0.5, 0.6) is 0 Å². The predicted molar refractivity (Wildman–Crippen MR) is 76.4 cm³/mol. The molecule has 0 spiro atoms. The standard InChI is InChI=1S/C15H25N3/c1-4-9-18-15(7-8-17-18)10-13(12(2)3)11-16-14-5-6-14/h7-8,10,12,14,16H,4-6,9,11H2,1-3H3/b13-10-. The summed E-state index contributed by atoms with van der Waals surface area (Å²) in [6, 6.07) is 2.88. The van der Waals surface area contributed by atoms with Crippen LogP contribution in [-0.4, -0.2) is 22.4 Å². The molecule has 0 atom stereocenters. The molecule has 1 fully saturated rings. The van der Waals surface area contributed by atoms with Gasteiger partial charge >= 0.3 is 0 Å². The zero-order chi connectivity index (χ0) is 13.0. The molecule has 1 saturated carbocycles. The van der Waals surface area contributed by atoms with Crippen LogP contribution in [0.25, 0.3) is 6.08 Å². The Morgan fingerprint density at radius 1 is 1.56 bits per heavy atom. The second kappa shape index (κ2) is 6.19. The topological polar surface area (TPSA) is 29.9 Å². The lowest BCUT2D eigenvalue weighted by atomic mass is 10.0. The van der Waals surface area contributed by atoms with Gasteiger partial charge in [-0.25, -0.2) is 0 Å². The molecule has 1 aromatic rings. The van der Waals surface area contributed by atoms with E-state index in [0.717, 1.165) is 25.6 Å². The highest BCUT2D eigenvalue weighted by molar-refractivity contribution is 5.50. The zero-order valence-electron chi connectivity index (χ0n) is 11.8. The van der Waals surface area contributed by atoms with Gasteiger partial charge in [-0.15, -0.1) is 0 Å². The Morgan fingerprint density at radius 2 is 2.33 bits per heavy atom. The summed E-state index contributed by atoms with van der Waals surface area (Å²) in [6.45, 7) is 8.73. The third-order valence-electron chi connectivity index (χ3n) is 3.43. The van der Waals surface area contributed by atoms with E-state index >= 15 is 0 Å². The summed E-state index contributed by atoms with van der Waals surface area (Å²) in [5.41, 5.74) is 2.71. The first-order valence-corrected chi connectivity index (χ1v) is 7.16. The van der Waals surface area contributed by atoms with Crippen molar-refractivity contribution in [3.05, 3.63) is 23.5 Å². The van der Waals surface area contributed by atoms with Crippen LogP contribution in [0.2, 0.25) is 0 Å². The maximum Gasteiger partial charge on any atom is 0.0609 e. The van der Waals surface area contributed by atoms with Crippen molar-refractivity contribution in [2.75, 3.05) is 6.54 Å². The minimum Gasteiger partial charge on any atom is -0.310 e. The third kappa shape index (κ3) is 3.70. The number of nitrogens with zero attached hydrogens (tertiary/aromatic N) is 2. The lowest BCUT2D eigenvalue weighted by molar-refractivity contribution is 0.596. The summed E-state index contributed by atoms with van der Waals surface area (Å²) in [7, 11) is 0. The quantitative estimate of drug-likeness (QED) is 0.802. The number of hydrogen-bond acceptors (Lipinski definition) is 2. The summed E-state index contributed by atoms with van der Waals surface area (Å²) in [6.07, 6.45) is 8.02. The molecule has 0 radical (unpaired) electrons. The molecule has 0 saturated heterocycles. The Hall–Kier alpha value is -1.09. The lowest BCUT2D eigenvalue weighted by Crippen LogP contribution is -2.21. The molecule has 0 aliphatic heterocycles. The minimum atomic E-state index is 0.584. The van der Waals surface area contributed by atoms with Crippen molar-refractivity contribution >= 4 is 6.08 Å². The van der Waals surface area contributed by atoms with Crippen molar-refractivity contribution in [3.8, 4) is 0 Å². The van der Waals surface area contributed by atoms with Crippen LogP contribution in [0.15, 0.2) is 17.8 Å². The molecule has 3 nitrogen and oxygen atoms in total.